The van der Waals surface area contributed by atoms with Crippen LogP contribution in [0.25, 0.3) is 0 Å². The SMILES string of the molecule is CCCCN(CCCNC(=O)C[C@@H](C(=O)N1CCc2ccccc21)n1ccnc1)c1ccccc1. The van der Waals surface area contributed by atoms with Crippen LogP contribution in [0.2, 0.25) is 0 Å². The standard InChI is InChI=1S/C28H35N5O2/c1-2-3-17-31(24-11-5-4-6-12-24)18-9-15-30-27(34)21-26(32-20-16-29-22-32)28(35)33-19-14-23-10-7-8-13-25(23)33/h4-8,10-13,16,20,22,26H,2-3,9,14-15,17-19,21H2,1H3,(H,30,34)/t26-/m0/s1. The molecule has 1 aliphatic rings. The van der Waals surface area contributed by atoms with Crippen molar-refractivity contribution < 1.29 is 9.59 Å². The zero-order valence-electron chi connectivity index (χ0n) is 20.5. The predicted octanol–water partition coefficient (Wildman–Crippen LogP) is 4.22. The molecular weight excluding hydrogens is 438 g/mol. The fourth-order valence-electron chi connectivity index (χ4n) is 4.62. The third kappa shape index (κ3) is 6.29. The van der Waals surface area contributed by atoms with Crippen LogP contribution in [0.3, 0.4) is 0 Å². The van der Waals surface area contributed by atoms with E-state index in [0.717, 1.165) is 44.5 Å². The molecule has 1 aliphatic heterocycles. The molecule has 0 bridgehead atoms. The van der Waals surface area contributed by atoms with Crippen LogP contribution in [0.4, 0.5) is 11.4 Å². The smallest absolute Gasteiger partial charge is 0.250 e. The number of carbonyl (C=O) groups excluding carboxylic acids is 2. The van der Waals surface area contributed by atoms with Gasteiger partial charge in [0, 0.05) is 49.9 Å². The number of amides is 2. The minimum absolute atomic E-state index is 0.0714. The maximum absolute atomic E-state index is 13.5. The van der Waals surface area contributed by atoms with Crippen LogP contribution in [-0.4, -0.2) is 47.5 Å². The van der Waals surface area contributed by atoms with Gasteiger partial charge >= 0.3 is 0 Å². The van der Waals surface area contributed by atoms with Gasteiger partial charge in [0.05, 0.1) is 12.7 Å². The van der Waals surface area contributed by atoms with E-state index in [1.807, 2.05) is 24.3 Å². The van der Waals surface area contributed by atoms with Crippen LogP contribution in [0, 0.1) is 0 Å². The molecule has 0 saturated heterocycles. The molecule has 2 amide bonds. The zero-order chi connectivity index (χ0) is 24.5. The van der Waals surface area contributed by atoms with E-state index in [4.69, 9.17) is 0 Å². The Morgan fingerprint density at radius 2 is 1.83 bits per heavy atom. The summed E-state index contributed by atoms with van der Waals surface area (Å²) in [7, 11) is 0. The molecule has 0 radical (unpaired) electrons. The number of benzene rings is 2. The third-order valence-corrected chi connectivity index (χ3v) is 6.53. The van der Waals surface area contributed by atoms with Crippen molar-refractivity contribution in [1.82, 2.24) is 14.9 Å². The average molecular weight is 474 g/mol. The van der Waals surface area contributed by atoms with Crippen molar-refractivity contribution >= 4 is 23.2 Å². The normalized spacial score (nSPS) is 13.3. The second-order valence-electron chi connectivity index (χ2n) is 8.98. The number of carbonyl (C=O) groups is 2. The second-order valence-corrected chi connectivity index (χ2v) is 8.98. The fourth-order valence-corrected chi connectivity index (χ4v) is 4.62. The minimum Gasteiger partial charge on any atom is -0.371 e. The summed E-state index contributed by atoms with van der Waals surface area (Å²) >= 11 is 0. The molecule has 7 heteroatoms. The molecule has 0 aliphatic carbocycles. The lowest BCUT2D eigenvalue weighted by molar-refractivity contribution is -0.128. The Hall–Kier alpha value is -3.61. The molecule has 1 aromatic heterocycles. The van der Waals surface area contributed by atoms with E-state index in [1.54, 1.807) is 28.2 Å². The Kier molecular flexibility index (Phi) is 8.54. The van der Waals surface area contributed by atoms with E-state index in [2.05, 4.69) is 52.5 Å². The number of imidazole rings is 1. The van der Waals surface area contributed by atoms with E-state index in [0.29, 0.717) is 13.1 Å². The summed E-state index contributed by atoms with van der Waals surface area (Å²) in [6, 6.07) is 17.8. The number of aromatic nitrogens is 2. The Bertz CT molecular complexity index is 1080. The Morgan fingerprint density at radius 3 is 2.60 bits per heavy atom. The monoisotopic (exact) mass is 473 g/mol. The van der Waals surface area contributed by atoms with Crippen molar-refractivity contribution in [3.8, 4) is 0 Å². The first-order chi connectivity index (χ1) is 17.2. The lowest BCUT2D eigenvalue weighted by atomic mass is 10.1. The number of nitrogens with one attached hydrogen (secondary N) is 1. The zero-order valence-corrected chi connectivity index (χ0v) is 20.5. The molecule has 7 nitrogen and oxygen atoms in total. The minimum atomic E-state index is -0.617. The lowest BCUT2D eigenvalue weighted by Crippen LogP contribution is -2.39. The summed E-state index contributed by atoms with van der Waals surface area (Å²) in [6.07, 6.45) is 9.05. The maximum Gasteiger partial charge on any atom is 0.250 e. The maximum atomic E-state index is 13.5. The molecule has 0 fully saturated rings. The van der Waals surface area contributed by atoms with Gasteiger partial charge in [-0.25, -0.2) is 4.98 Å². The van der Waals surface area contributed by atoms with E-state index >= 15 is 0 Å². The molecule has 0 spiro atoms. The fraction of sp³-hybridized carbons (Fsp3) is 0.393. The lowest BCUT2D eigenvalue weighted by Gasteiger charge is -2.25. The number of fused-ring (bicyclic) bond motifs is 1. The van der Waals surface area contributed by atoms with Crippen LogP contribution in [0.1, 0.15) is 44.2 Å². The number of anilines is 2. The molecule has 3 aromatic rings. The molecule has 4 rings (SSSR count). The van der Waals surface area contributed by atoms with E-state index in [9.17, 15) is 9.59 Å². The van der Waals surface area contributed by atoms with Gasteiger partial charge in [-0.1, -0.05) is 49.7 Å². The number of rotatable bonds is 12. The summed E-state index contributed by atoms with van der Waals surface area (Å²) in [5.41, 5.74) is 3.32. The van der Waals surface area contributed by atoms with Gasteiger partial charge in [-0.05, 0) is 43.0 Å². The van der Waals surface area contributed by atoms with Gasteiger partial charge in [-0.3, -0.25) is 9.59 Å². The number of nitrogens with zero attached hydrogens (tertiary/aromatic N) is 4. The highest BCUT2D eigenvalue weighted by atomic mass is 16.2. The predicted molar refractivity (Wildman–Crippen MR) is 140 cm³/mol. The van der Waals surface area contributed by atoms with Crippen molar-refractivity contribution in [3.05, 3.63) is 78.9 Å². The van der Waals surface area contributed by atoms with Gasteiger partial charge in [0.25, 0.3) is 5.91 Å². The second kappa shape index (κ2) is 12.2. The first-order valence-electron chi connectivity index (χ1n) is 12.6. The Balaban J connectivity index is 1.33. The first kappa shape index (κ1) is 24.5. The molecule has 2 aromatic carbocycles. The molecule has 0 unspecified atom stereocenters. The van der Waals surface area contributed by atoms with Gasteiger partial charge in [0.1, 0.15) is 6.04 Å². The van der Waals surface area contributed by atoms with Gasteiger partial charge in [0.15, 0.2) is 0 Å². The summed E-state index contributed by atoms with van der Waals surface area (Å²) in [6.45, 7) is 5.29. The molecule has 2 heterocycles. The average Bonchev–Trinajstić information content (AvgIpc) is 3.57. The van der Waals surface area contributed by atoms with Gasteiger partial charge < -0.3 is 19.7 Å². The number of hydrogen-bond donors (Lipinski definition) is 1. The van der Waals surface area contributed by atoms with Crippen molar-refractivity contribution in [2.45, 2.75) is 45.1 Å². The van der Waals surface area contributed by atoms with Crippen molar-refractivity contribution in [2.24, 2.45) is 0 Å². The molecule has 0 saturated carbocycles. The van der Waals surface area contributed by atoms with Gasteiger partial charge in [-0.15, -0.1) is 0 Å². The molecule has 1 atom stereocenters. The molecular formula is C28H35N5O2. The topological polar surface area (TPSA) is 70.5 Å². The Morgan fingerprint density at radius 1 is 1.06 bits per heavy atom. The summed E-state index contributed by atoms with van der Waals surface area (Å²) in [5, 5.41) is 3.03. The molecule has 1 N–H and O–H groups in total. The van der Waals surface area contributed by atoms with Gasteiger partial charge in [0.2, 0.25) is 5.91 Å². The van der Waals surface area contributed by atoms with Crippen LogP contribution < -0.4 is 15.1 Å². The molecule has 35 heavy (non-hydrogen) atoms. The van der Waals surface area contributed by atoms with E-state index in [-0.39, 0.29) is 18.2 Å². The van der Waals surface area contributed by atoms with Crippen molar-refractivity contribution in [2.75, 3.05) is 36.0 Å². The largest absolute Gasteiger partial charge is 0.371 e. The van der Waals surface area contributed by atoms with Crippen LogP contribution >= 0.6 is 0 Å². The van der Waals surface area contributed by atoms with Crippen molar-refractivity contribution in [3.63, 3.8) is 0 Å². The van der Waals surface area contributed by atoms with Gasteiger partial charge in [-0.2, -0.15) is 0 Å². The Labute approximate surface area is 207 Å². The first-order valence-corrected chi connectivity index (χ1v) is 12.6. The number of unbranched alkanes of at least 4 members (excludes halogenated alkanes) is 1. The third-order valence-electron chi connectivity index (χ3n) is 6.53. The van der Waals surface area contributed by atoms with E-state index < -0.39 is 6.04 Å². The van der Waals surface area contributed by atoms with Crippen molar-refractivity contribution in [1.29, 1.82) is 0 Å². The van der Waals surface area contributed by atoms with E-state index in [1.165, 1.54) is 11.3 Å². The number of hydrogen-bond acceptors (Lipinski definition) is 4. The summed E-state index contributed by atoms with van der Waals surface area (Å²) in [5.74, 6) is -0.192. The highest BCUT2D eigenvalue weighted by molar-refractivity contribution is 6.00. The highest BCUT2D eigenvalue weighted by Gasteiger charge is 2.32. The van der Waals surface area contributed by atoms with Crippen LogP contribution in [0.5, 0.6) is 0 Å². The van der Waals surface area contributed by atoms with Crippen LogP contribution in [-0.2, 0) is 16.0 Å². The van der Waals surface area contributed by atoms with Crippen LogP contribution in [0.15, 0.2) is 73.3 Å². The summed E-state index contributed by atoms with van der Waals surface area (Å²) in [4.78, 5) is 34.7. The number of para-hydroxylation sites is 2. The highest BCUT2D eigenvalue weighted by Crippen LogP contribution is 2.30. The molecule has 184 valence electrons. The quantitative estimate of drug-likeness (QED) is 0.400. The summed E-state index contributed by atoms with van der Waals surface area (Å²) < 4.78 is 1.74.